The molecule has 0 amide bonds. The molecule has 1 atom stereocenters. The monoisotopic (exact) mass is 357 g/mol. The minimum absolute atomic E-state index is 0. The molecule has 118 valence electrons. The van der Waals surface area contributed by atoms with Gasteiger partial charge in [0.15, 0.2) is 0 Å². The third kappa shape index (κ3) is 3.36. The Bertz CT molecular complexity index is 640. The van der Waals surface area contributed by atoms with Crippen LogP contribution in [0.4, 0.5) is 0 Å². The molecule has 2 aromatic rings. The summed E-state index contributed by atoms with van der Waals surface area (Å²) in [5, 5.41) is 1.28. The van der Waals surface area contributed by atoms with Gasteiger partial charge in [-0.15, -0.1) is 12.4 Å². The first-order valence-corrected chi connectivity index (χ1v) is 7.89. The minimum Gasteiger partial charge on any atom is -0.489 e. The van der Waals surface area contributed by atoms with E-state index in [2.05, 4.69) is 6.07 Å². The summed E-state index contributed by atoms with van der Waals surface area (Å²) in [6, 6.07) is 11.7. The van der Waals surface area contributed by atoms with E-state index < -0.39 is 0 Å². The molecule has 0 saturated heterocycles. The molecule has 1 aliphatic heterocycles. The number of rotatable bonds is 3. The van der Waals surface area contributed by atoms with Crippen LogP contribution in [-0.4, -0.2) is 12.6 Å². The topological polar surface area (TPSA) is 35.2 Å². The van der Waals surface area contributed by atoms with E-state index in [9.17, 15) is 0 Å². The predicted octanol–water partition coefficient (Wildman–Crippen LogP) is 5.12. The van der Waals surface area contributed by atoms with E-state index in [-0.39, 0.29) is 18.5 Å². The second-order valence-electron chi connectivity index (χ2n) is 5.25. The number of fused-ring (bicyclic) bond motifs is 1. The highest BCUT2D eigenvalue weighted by atomic mass is 35.5. The van der Waals surface area contributed by atoms with Crippen LogP contribution in [0.1, 0.15) is 18.4 Å². The maximum atomic E-state index is 6.34. The first-order valence-electron chi connectivity index (χ1n) is 7.13. The Hall–Kier alpha value is -0.930. The van der Waals surface area contributed by atoms with Crippen molar-refractivity contribution < 1.29 is 4.74 Å². The Morgan fingerprint density at radius 2 is 1.77 bits per heavy atom. The fourth-order valence-corrected chi connectivity index (χ4v) is 3.41. The maximum Gasteiger partial charge on any atom is 0.130 e. The molecule has 2 nitrogen and oxygen atoms in total. The molecule has 0 spiro atoms. The molecule has 1 heterocycles. The van der Waals surface area contributed by atoms with E-state index >= 15 is 0 Å². The first kappa shape index (κ1) is 17.4. The van der Waals surface area contributed by atoms with E-state index in [0.717, 1.165) is 36.1 Å². The number of benzene rings is 2. The molecular formula is C17H18Cl3NO. The number of hydrogen-bond acceptors (Lipinski definition) is 2. The van der Waals surface area contributed by atoms with Crippen LogP contribution in [0.25, 0.3) is 11.1 Å². The van der Waals surface area contributed by atoms with E-state index in [1.165, 1.54) is 5.56 Å². The van der Waals surface area contributed by atoms with Gasteiger partial charge in [-0.2, -0.15) is 0 Å². The van der Waals surface area contributed by atoms with Gasteiger partial charge in [0, 0.05) is 11.1 Å². The van der Waals surface area contributed by atoms with Gasteiger partial charge in [0.2, 0.25) is 0 Å². The zero-order chi connectivity index (χ0) is 14.8. The summed E-state index contributed by atoms with van der Waals surface area (Å²) in [5.41, 5.74) is 8.66. The average molecular weight is 359 g/mol. The number of nitrogens with two attached hydrogens (primary N) is 1. The Morgan fingerprint density at radius 3 is 2.45 bits per heavy atom. The lowest BCUT2D eigenvalue weighted by Gasteiger charge is -2.28. The summed E-state index contributed by atoms with van der Waals surface area (Å²) in [6.07, 6.45) is 3.04. The highest BCUT2D eigenvalue weighted by molar-refractivity contribution is 6.39. The van der Waals surface area contributed by atoms with Crippen molar-refractivity contribution in [2.75, 3.05) is 6.54 Å². The summed E-state index contributed by atoms with van der Waals surface area (Å²) >= 11 is 12.7. The van der Waals surface area contributed by atoms with Crippen LogP contribution in [0.5, 0.6) is 5.75 Å². The number of para-hydroxylation sites is 1. The molecule has 0 saturated carbocycles. The fourth-order valence-electron chi connectivity index (χ4n) is 2.80. The number of halogens is 3. The summed E-state index contributed by atoms with van der Waals surface area (Å²) in [5.74, 6) is 0.900. The first-order chi connectivity index (χ1) is 10.2. The van der Waals surface area contributed by atoms with Gasteiger partial charge in [-0.25, -0.2) is 0 Å². The van der Waals surface area contributed by atoms with E-state index in [0.29, 0.717) is 16.6 Å². The van der Waals surface area contributed by atoms with Gasteiger partial charge in [0.05, 0.1) is 10.0 Å². The van der Waals surface area contributed by atoms with Crippen molar-refractivity contribution >= 4 is 35.6 Å². The molecule has 5 heteroatoms. The van der Waals surface area contributed by atoms with Crippen molar-refractivity contribution in [2.24, 2.45) is 5.73 Å². The van der Waals surface area contributed by atoms with Crippen molar-refractivity contribution in [1.29, 1.82) is 0 Å². The molecular weight excluding hydrogens is 341 g/mol. The third-order valence-corrected chi connectivity index (χ3v) is 4.47. The van der Waals surface area contributed by atoms with Crippen LogP contribution in [0, 0.1) is 0 Å². The molecule has 0 unspecified atom stereocenters. The zero-order valence-electron chi connectivity index (χ0n) is 12.0. The van der Waals surface area contributed by atoms with E-state index in [1.54, 1.807) is 0 Å². The Balaban J connectivity index is 0.00000176. The predicted molar refractivity (Wildman–Crippen MR) is 95.6 cm³/mol. The highest BCUT2D eigenvalue weighted by Gasteiger charge is 2.23. The number of ether oxygens (including phenoxy) is 1. The standard InChI is InChI=1S/C17H17Cl2NO.ClH/c18-14-5-2-6-15(19)16(14)13-4-1-3-11-7-8-12(9-10-20)21-17(11)13;/h1-6,12H,7-10,20H2;1H/t12-;/m1./s1. The molecule has 0 bridgehead atoms. The second-order valence-corrected chi connectivity index (χ2v) is 6.06. The van der Waals surface area contributed by atoms with Crippen molar-refractivity contribution in [3.63, 3.8) is 0 Å². The van der Waals surface area contributed by atoms with Gasteiger partial charge in [0.25, 0.3) is 0 Å². The average Bonchev–Trinajstić information content (AvgIpc) is 2.48. The van der Waals surface area contributed by atoms with Gasteiger partial charge in [-0.3, -0.25) is 0 Å². The van der Waals surface area contributed by atoms with E-state index in [1.807, 2.05) is 30.3 Å². The molecule has 22 heavy (non-hydrogen) atoms. The smallest absolute Gasteiger partial charge is 0.130 e. The van der Waals surface area contributed by atoms with Gasteiger partial charge >= 0.3 is 0 Å². The summed E-state index contributed by atoms with van der Waals surface area (Å²) in [7, 11) is 0. The SMILES string of the molecule is Cl.NCC[C@H]1CCc2cccc(-c3c(Cl)cccc3Cl)c2O1. The van der Waals surface area contributed by atoms with E-state index in [4.69, 9.17) is 33.7 Å². The Labute approximate surface area is 147 Å². The van der Waals surface area contributed by atoms with Crippen molar-refractivity contribution in [3.8, 4) is 16.9 Å². The fraction of sp³-hybridized carbons (Fsp3) is 0.294. The maximum absolute atomic E-state index is 6.34. The number of aryl methyl sites for hydroxylation is 1. The van der Waals surface area contributed by atoms with Crippen LogP contribution in [-0.2, 0) is 6.42 Å². The van der Waals surface area contributed by atoms with Crippen LogP contribution >= 0.6 is 35.6 Å². The molecule has 3 rings (SSSR count). The zero-order valence-corrected chi connectivity index (χ0v) is 14.3. The Morgan fingerprint density at radius 1 is 1.09 bits per heavy atom. The normalized spacial score (nSPS) is 16.4. The van der Waals surface area contributed by atoms with Crippen LogP contribution < -0.4 is 10.5 Å². The van der Waals surface area contributed by atoms with Crippen molar-refractivity contribution in [2.45, 2.75) is 25.4 Å². The van der Waals surface area contributed by atoms with Crippen molar-refractivity contribution in [3.05, 3.63) is 52.0 Å². The molecule has 2 N–H and O–H groups in total. The molecule has 1 aliphatic rings. The van der Waals surface area contributed by atoms with Gasteiger partial charge in [-0.1, -0.05) is 47.5 Å². The Kier molecular flexibility index (Phi) is 5.99. The quantitative estimate of drug-likeness (QED) is 0.826. The lowest BCUT2D eigenvalue weighted by molar-refractivity contribution is 0.167. The number of hydrogen-bond donors (Lipinski definition) is 1. The molecule has 2 aromatic carbocycles. The molecule has 0 radical (unpaired) electrons. The molecule has 0 fully saturated rings. The summed E-state index contributed by atoms with van der Waals surface area (Å²) < 4.78 is 6.17. The lowest BCUT2D eigenvalue weighted by atomic mass is 9.95. The van der Waals surface area contributed by atoms with Crippen LogP contribution in [0.3, 0.4) is 0 Å². The van der Waals surface area contributed by atoms with Gasteiger partial charge in [-0.05, 0) is 43.5 Å². The second kappa shape index (κ2) is 7.56. The summed E-state index contributed by atoms with van der Waals surface area (Å²) in [4.78, 5) is 0. The molecule has 0 aliphatic carbocycles. The van der Waals surface area contributed by atoms with Crippen LogP contribution in [0.2, 0.25) is 10.0 Å². The van der Waals surface area contributed by atoms with Crippen molar-refractivity contribution in [1.82, 2.24) is 0 Å². The highest BCUT2D eigenvalue weighted by Crippen LogP contribution is 2.43. The molecule has 0 aromatic heterocycles. The van der Waals surface area contributed by atoms with Gasteiger partial charge < -0.3 is 10.5 Å². The third-order valence-electron chi connectivity index (χ3n) is 3.84. The summed E-state index contributed by atoms with van der Waals surface area (Å²) in [6.45, 7) is 0.634. The van der Waals surface area contributed by atoms with Gasteiger partial charge in [0.1, 0.15) is 11.9 Å². The minimum atomic E-state index is 0. The van der Waals surface area contributed by atoms with Crippen LogP contribution in [0.15, 0.2) is 36.4 Å². The lowest BCUT2D eigenvalue weighted by Crippen LogP contribution is -2.25. The largest absolute Gasteiger partial charge is 0.489 e.